The zero-order chi connectivity index (χ0) is 12.4. The van der Waals surface area contributed by atoms with Crippen LogP contribution in [0.25, 0.3) is 22.5 Å². The van der Waals surface area contributed by atoms with E-state index in [1.807, 2.05) is 60.7 Å². The number of aromatic nitrogens is 1. The van der Waals surface area contributed by atoms with Crippen molar-refractivity contribution in [3.05, 3.63) is 60.7 Å². The van der Waals surface area contributed by atoms with Gasteiger partial charge in [0.15, 0.2) is 11.6 Å². The summed E-state index contributed by atoms with van der Waals surface area (Å²) in [6.07, 6.45) is 0. The molecule has 2 aromatic carbocycles. The summed E-state index contributed by atoms with van der Waals surface area (Å²) in [6.45, 7) is 0. The Kier molecular flexibility index (Phi) is 2.57. The molecule has 0 unspecified atom stereocenters. The first kappa shape index (κ1) is 10.6. The number of hydrogen-bond donors (Lipinski definition) is 1. The lowest BCUT2D eigenvalue weighted by Crippen LogP contribution is -1.88. The maximum Gasteiger partial charge on any atom is 0.176 e. The number of nitrogen functional groups attached to an aromatic ring is 1. The Morgan fingerprint density at radius 3 is 1.94 bits per heavy atom. The summed E-state index contributed by atoms with van der Waals surface area (Å²) in [5.74, 6) is 1.12. The summed E-state index contributed by atoms with van der Waals surface area (Å²) >= 11 is 0. The van der Waals surface area contributed by atoms with Gasteiger partial charge in [-0.05, 0) is 5.56 Å². The predicted molar refractivity (Wildman–Crippen MR) is 71.8 cm³/mol. The minimum atomic E-state index is 0.417. The number of hydrogen-bond acceptors (Lipinski definition) is 3. The van der Waals surface area contributed by atoms with E-state index in [9.17, 15) is 0 Å². The molecule has 18 heavy (non-hydrogen) atoms. The van der Waals surface area contributed by atoms with Gasteiger partial charge in [-0.25, -0.2) is 0 Å². The number of nitrogens with two attached hydrogens (primary N) is 1. The first-order chi connectivity index (χ1) is 8.86. The van der Waals surface area contributed by atoms with E-state index >= 15 is 0 Å². The van der Waals surface area contributed by atoms with Crippen LogP contribution in [0, 0.1) is 0 Å². The minimum Gasteiger partial charge on any atom is -0.380 e. The molecule has 0 spiro atoms. The molecule has 0 saturated heterocycles. The molecule has 1 aromatic heterocycles. The third-order valence-corrected chi connectivity index (χ3v) is 2.82. The summed E-state index contributed by atoms with van der Waals surface area (Å²) in [7, 11) is 0. The van der Waals surface area contributed by atoms with Crippen LogP contribution in [0.2, 0.25) is 0 Å². The van der Waals surface area contributed by atoms with Crippen molar-refractivity contribution < 1.29 is 4.52 Å². The third kappa shape index (κ3) is 1.76. The predicted octanol–water partition coefficient (Wildman–Crippen LogP) is 3.59. The Labute approximate surface area is 105 Å². The molecule has 2 N–H and O–H groups in total. The van der Waals surface area contributed by atoms with Gasteiger partial charge in [0, 0.05) is 5.56 Å². The Bertz CT molecular complexity index is 645. The van der Waals surface area contributed by atoms with Gasteiger partial charge in [0.05, 0.1) is 5.56 Å². The van der Waals surface area contributed by atoms with Gasteiger partial charge in [-0.1, -0.05) is 65.8 Å². The van der Waals surface area contributed by atoms with Crippen LogP contribution in [-0.2, 0) is 0 Å². The van der Waals surface area contributed by atoms with Gasteiger partial charge < -0.3 is 10.3 Å². The zero-order valence-corrected chi connectivity index (χ0v) is 9.71. The first-order valence-electron chi connectivity index (χ1n) is 5.72. The molecule has 0 bridgehead atoms. The fraction of sp³-hybridized carbons (Fsp3) is 0. The maximum absolute atomic E-state index is 5.91. The topological polar surface area (TPSA) is 52.0 Å². The highest BCUT2D eigenvalue weighted by Gasteiger charge is 2.16. The quantitative estimate of drug-likeness (QED) is 0.739. The van der Waals surface area contributed by atoms with E-state index in [0.717, 1.165) is 16.7 Å². The number of benzene rings is 2. The van der Waals surface area contributed by atoms with Crippen molar-refractivity contribution in [3.8, 4) is 22.5 Å². The maximum atomic E-state index is 5.91. The fourth-order valence-corrected chi connectivity index (χ4v) is 1.97. The van der Waals surface area contributed by atoms with E-state index in [1.165, 1.54) is 0 Å². The molecule has 0 amide bonds. The van der Waals surface area contributed by atoms with Crippen LogP contribution in [0.5, 0.6) is 0 Å². The monoisotopic (exact) mass is 236 g/mol. The molecule has 0 radical (unpaired) electrons. The fourth-order valence-electron chi connectivity index (χ4n) is 1.97. The average Bonchev–Trinajstić information content (AvgIpc) is 2.83. The highest BCUT2D eigenvalue weighted by molar-refractivity contribution is 5.86. The van der Waals surface area contributed by atoms with Crippen molar-refractivity contribution in [2.24, 2.45) is 0 Å². The molecule has 3 nitrogen and oxygen atoms in total. The molecule has 0 aliphatic rings. The van der Waals surface area contributed by atoms with E-state index in [2.05, 4.69) is 5.16 Å². The van der Waals surface area contributed by atoms with Gasteiger partial charge in [-0.15, -0.1) is 0 Å². The van der Waals surface area contributed by atoms with Crippen LogP contribution >= 0.6 is 0 Å². The van der Waals surface area contributed by atoms with Crippen molar-refractivity contribution in [1.29, 1.82) is 0 Å². The van der Waals surface area contributed by atoms with Gasteiger partial charge in [0.2, 0.25) is 0 Å². The Morgan fingerprint density at radius 2 is 1.33 bits per heavy atom. The second-order valence-electron chi connectivity index (χ2n) is 4.00. The SMILES string of the molecule is Nc1noc(-c2ccccc2)c1-c1ccccc1. The Balaban J connectivity index is 2.19. The number of anilines is 1. The summed E-state index contributed by atoms with van der Waals surface area (Å²) in [6, 6.07) is 19.7. The molecule has 1 heterocycles. The third-order valence-electron chi connectivity index (χ3n) is 2.82. The molecule has 3 aromatic rings. The number of nitrogens with zero attached hydrogens (tertiary/aromatic N) is 1. The summed E-state index contributed by atoms with van der Waals surface area (Å²) in [5, 5.41) is 3.87. The molecule has 3 rings (SSSR count). The Morgan fingerprint density at radius 1 is 0.778 bits per heavy atom. The van der Waals surface area contributed by atoms with Crippen molar-refractivity contribution in [1.82, 2.24) is 5.16 Å². The molecular weight excluding hydrogens is 224 g/mol. The summed E-state index contributed by atoms with van der Waals surface area (Å²) in [5.41, 5.74) is 8.74. The van der Waals surface area contributed by atoms with Crippen LogP contribution in [0.3, 0.4) is 0 Å². The van der Waals surface area contributed by atoms with Crippen molar-refractivity contribution in [2.75, 3.05) is 5.73 Å². The lowest BCUT2D eigenvalue weighted by molar-refractivity contribution is 0.436. The van der Waals surface area contributed by atoms with Crippen LogP contribution in [0.4, 0.5) is 5.82 Å². The lowest BCUT2D eigenvalue weighted by Gasteiger charge is -2.02. The second kappa shape index (κ2) is 4.37. The first-order valence-corrected chi connectivity index (χ1v) is 5.72. The lowest BCUT2D eigenvalue weighted by atomic mass is 10.0. The number of rotatable bonds is 2. The van der Waals surface area contributed by atoms with E-state index in [4.69, 9.17) is 10.3 Å². The molecule has 3 heteroatoms. The van der Waals surface area contributed by atoms with E-state index in [0.29, 0.717) is 11.6 Å². The largest absolute Gasteiger partial charge is 0.380 e. The molecule has 0 fully saturated rings. The highest BCUT2D eigenvalue weighted by Crippen LogP contribution is 2.36. The second-order valence-corrected chi connectivity index (χ2v) is 4.00. The molecule has 0 atom stereocenters. The molecular formula is C15H12N2O. The van der Waals surface area contributed by atoms with Crippen LogP contribution in [-0.4, -0.2) is 5.16 Å². The molecule has 0 aliphatic carbocycles. The molecule has 0 saturated carbocycles. The van der Waals surface area contributed by atoms with Crippen LogP contribution < -0.4 is 5.73 Å². The normalized spacial score (nSPS) is 10.4. The van der Waals surface area contributed by atoms with Crippen LogP contribution in [0.15, 0.2) is 65.2 Å². The van der Waals surface area contributed by atoms with Gasteiger partial charge in [-0.2, -0.15) is 0 Å². The molecule has 0 aliphatic heterocycles. The van der Waals surface area contributed by atoms with Gasteiger partial charge in [-0.3, -0.25) is 0 Å². The van der Waals surface area contributed by atoms with Gasteiger partial charge in [0.25, 0.3) is 0 Å². The van der Waals surface area contributed by atoms with Crippen LogP contribution in [0.1, 0.15) is 0 Å². The van der Waals surface area contributed by atoms with Crippen molar-refractivity contribution >= 4 is 5.82 Å². The smallest absolute Gasteiger partial charge is 0.176 e. The minimum absolute atomic E-state index is 0.417. The summed E-state index contributed by atoms with van der Waals surface area (Å²) in [4.78, 5) is 0. The van der Waals surface area contributed by atoms with Gasteiger partial charge in [0.1, 0.15) is 0 Å². The standard InChI is InChI=1S/C15H12N2O/c16-15-13(11-7-3-1-4-8-11)14(18-17-15)12-9-5-2-6-10-12/h1-10H,(H2,16,17). The van der Waals surface area contributed by atoms with Crippen molar-refractivity contribution in [3.63, 3.8) is 0 Å². The van der Waals surface area contributed by atoms with Gasteiger partial charge >= 0.3 is 0 Å². The average molecular weight is 236 g/mol. The van der Waals surface area contributed by atoms with E-state index < -0.39 is 0 Å². The zero-order valence-electron chi connectivity index (χ0n) is 9.71. The van der Waals surface area contributed by atoms with E-state index in [-0.39, 0.29) is 0 Å². The summed E-state index contributed by atoms with van der Waals surface area (Å²) < 4.78 is 5.36. The highest BCUT2D eigenvalue weighted by atomic mass is 16.5. The molecule has 88 valence electrons. The Hall–Kier alpha value is -2.55. The van der Waals surface area contributed by atoms with Crippen molar-refractivity contribution in [2.45, 2.75) is 0 Å². The van der Waals surface area contributed by atoms with E-state index in [1.54, 1.807) is 0 Å².